The average Bonchev–Trinajstić information content (AvgIpc) is 2.67. The van der Waals surface area contributed by atoms with Gasteiger partial charge in [0.1, 0.15) is 23.1 Å². The Morgan fingerprint density at radius 2 is 2.08 bits per heavy atom. The lowest BCUT2D eigenvalue weighted by Crippen LogP contribution is -2.34. The van der Waals surface area contributed by atoms with Crippen molar-refractivity contribution in [1.29, 1.82) is 0 Å². The number of pyridine rings is 1. The molecule has 4 heterocycles. The number of hydrogen-bond donors (Lipinski definition) is 1. The van der Waals surface area contributed by atoms with Gasteiger partial charge in [-0.15, -0.1) is 0 Å². The predicted molar refractivity (Wildman–Crippen MR) is 97.7 cm³/mol. The van der Waals surface area contributed by atoms with E-state index in [2.05, 4.69) is 32.3 Å². The highest BCUT2D eigenvalue weighted by molar-refractivity contribution is 6.32. The van der Waals surface area contributed by atoms with Crippen LogP contribution in [0.4, 0.5) is 11.6 Å². The van der Waals surface area contributed by atoms with Crippen molar-refractivity contribution in [1.82, 2.24) is 15.0 Å². The number of anilines is 2. The zero-order valence-electron chi connectivity index (χ0n) is 13.9. The van der Waals surface area contributed by atoms with Crippen LogP contribution < -0.4 is 10.2 Å². The number of halogens is 1. The van der Waals surface area contributed by atoms with Gasteiger partial charge >= 0.3 is 0 Å². The van der Waals surface area contributed by atoms with Crippen molar-refractivity contribution in [3.8, 4) is 0 Å². The van der Waals surface area contributed by atoms with Crippen molar-refractivity contribution in [3.63, 3.8) is 0 Å². The quantitative estimate of drug-likeness (QED) is 0.672. The van der Waals surface area contributed by atoms with Crippen molar-refractivity contribution < 1.29 is 4.79 Å². The van der Waals surface area contributed by atoms with Gasteiger partial charge in [0.05, 0.1) is 5.56 Å². The number of hydrogen-bond acceptors (Lipinski definition) is 6. The third kappa shape index (κ3) is 3.18. The fraction of sp³-hybridized carbons (Fsp3) is 0.444. The topological polar surface area (TPSA) is 71.0 Å². The highest BCUT2D eigenvalue weighted by atomic mass is 35.5. The van der Waals surface area contributed by atoms with E-state index in [0.29, 0.717) is 17.3 Å². The van der Waals surface area contributed by atoms with Crippen LogP contribution in [-0.4, -0.2) is 40.9 Å². The summed E-state index contributed by atoms with van der Waals surface area (Å²) < 4.78 is 0. The van der Waals surface area contributed by atoms with E-state index in [0.717, 1.165) is 56.7 Å². The van der Waals surface area contributed by atoms with Crippen molar-refractivity contribution in [2.75, 3.05) is 29.9 Å². The van der Waals surface area contributed by atoms with Gasteiger partial charge in [-0.2, -0.15) is 0 Å². The van der Waals surface area contributed by atoms with Crippen LogP contribution in [0.3, 0.4) is 0 Å². The molecule has 0 radical (unpaired) electrons. The minimum absolute atomic E-state index is 0.213. The number of rotatable bonds is 3. The molecule has 0 bridgehead atoms. The van der Waals surface area contributed by atoms with E-state index >= 15 is 0 Å². The van der Waals surface area contributed by atoms with Gasteiger partial charge in [-0.05, 0) is 37.3 Å². The van der Waals surface area contributed by atoms with E-state index in [4.69, 9.17) is 16.6 Å². The first-order valence-corrected chi connectivity index (χ1v) is 9.08. The zero-order chi connectivity index (χ0) is 17.2. The Labute approximate surface area is 151 Å². The van der Waals surface area contributed by atoms with E-state index in [1.54, 1.807) is 0 Å². The summed E-state index contributed by atoms with van der Waals surface area (Å²) in [6, 6.07) is 4.38. The lowest BCUT2D eigenvalue weighted by atomic mass is 9.92. The number of fused-ring (bicyclic) bond motifs is 1. The third-order valence-corrected chi connectivity index (χ3v) is 5.36. The second kappa shape index (κ2) is 6.96. The van der Waals surface area contributed by atoms with Gasteiger partial charge in [0, 0.05) is 31.2 Å². The smallest absolute Gasteiger partial charge is 0.156 e. The third-order valence-electron chi connectivity index (χ3n) is 5.06. The Morgan fingerprint density at radius 3 is 2.88 bits per heavy atom. The molecule has 1 fully saturated rings. The molecule has 2 aromatic rings. The second-order valence-corrected chi connectivity index (χ2v) is 6.91. The number of nitrogens with zero attached hydrogens (tertiary/aromatic N) is 4. The van der Waals surface area contributed by atoms with Gasteiger partial charge in [-0.1, -0.05) is 17.7 Å². The fourth-order valence-corrected chi connectivity index (χ4v) is 3.85. The predicted octanol–water partition coefficient (Wildman–Crippen LogP) is 3.08. The van der Waals surface area contributed by atoms with E-state index in [9.17, 15) is 4.79 Å². The Bertz CT molecular complexity index is 789. The molecule has 0 spiro atoms. The van der Waals surface area contributed by atoms with Gasteiger partial charge in [-0.3, -0.25) is 4.79 Å². The van der Waals surface area contributed by atoms with Crippen molar-refractivity contribution >= 4 is 29.5 Å². The second-order valence-electron chi connectivity index (χ2n) is 6.56. The first kappa shape index (κ1) is 16.3. The lowest BCUT2D eigenvalue weighted by Gasteiger charge is -2.33. The fourth-order valence-electron chi connectivity index (χ4n) is 3.68. The van der Waals surface area contributed by atoms with Gasteiger partial charge in [0.2, 0.25) is 0 Å². The molecule has 0 aromatic carbocycles. The zero-order valence-corrected chi connectivity index (χ0v) is 14.7. The lowest BCUT2D eigenvalue weighted by molar-refractivity contribution is 0.112. The first-order valence-electron chi connectivity index (χ1n) is 8.70. The van der Waals surface area contributed by atoms with Crippen LogP contribution in [0.25, 0.3) is 0 Å². The summed E-state index contributed by atoms with van der Waals surface area (Å²) >= 11 is 6.01. The summed E-state index contributed by atoms with van der Waals surface area (Å²) in [4.78, 5) is 26.4. The molecule has 2 aliphatic heterocycles. The normalized spacial score (nSPS) is 17.7. The van der Waals surface area contributed by atoms with Gasteiger partial charge in [-0.25, -0.2) is 15.0 Å². The molecule has 1 saturated heterocycles. The molecule has 25 heavy (non-hydrogen) atoms. The van der Waals surface area contributed by atoms with Crippen LogP contribution in [0.15, 0.2) is 18.5 Å². The largest absolute Gasteiger partial charge is 0.370 e. The molecular weight excluding hydrogens is 338 g/mol. The number of aromatic nitrogens is 3. The SMILES string of the molecule is O=Cc1c(Cl)ncnc1N1CCC(c2ccc3c(n2)NCCC3)CC1. The summed E-state index contributed by atoms with van der Waals surface area (Å²) in [6.07, 6.45) is 6.38. The molecule has 0 unspecified atom stereocenters. The van der Waals surface area contributed by atoms with E-state index in [-0.39, 0.29) is 5.15 Å². The molecule has 0 aliphatic carbocycles. The number of aryl methyl sites for hydroxylation is 1. The molecule has 0 amide bonds. The average molecular weight is 358 g/mol. The Hall–Kier alpha value is -2.21. The number of piperidine rings is 1. The van der Waals surface area contributed by atoms with Gasteiger partial charge in [0.25, 0.3) is 0 Å². The Kier molecular flexibility index (Phi) is 4.53. The Morgan fingerprint density at radius 1 is 1.24 bits per heavy atom. The summed E-state index contributed by atoms with van der Waals surface area (Å²) in [6.45, 7) is 2.65. The molecular formula is C18H20ClN5O. The maximum absolute atomic E-state index is 11.3. The highest BCUT2D eigenvalue weighted by Crippen LogP contribution is 2.32. The molecule has 7 heteroatoms. The highest BCUT2D eigenvalue weighted by Gasteiger charge is 2.25. The molecule has 0 saturated carbocycles. The van der Waals surface area contributed by atoms with E-state index in [1.807, 2.05) is 0 Å². The maximum atomic E-state index is 11.3. The van der Waals surface area contributed by atoms with Crippen molar-refractivity contribution in [2.24, 2.45) is 0 Å². The molecule has 2 aliphatic rings. The first-order chi connectivity index (χ1) is 12.3. The summed E-state index contributed by atoms with van der Waals surface area (Å²) in [7, 11) is 0. The Balaban J connectivity index is 1.49. The van der Waals surface area contributed by atoms with Crippen LogP contribution in [0, 0.1) is 0 Å². The van der Waals surface area contributed by atoms with E-state index < -0.39 is 0 Å². The number of carbonyl (C=O) groups excluding carboxylic acids is 1. The monoisotopic (exact) mass is 357 g/mol. The number of nitrogens with one attached hydrogen (secondary N) is 1. The molecule has 6 nitrogen and oxygen atoms in total. The van der Waals surface area contributed by atoms with E-state index in [1.165, 1.54) is 18.3 Å². The maximum Gasteiger partial charge on any atom is 0.156 e. The number of aldehydes is 1. The van der Waals surface area contributed by atoms with Crippen LogP contribution in [0.2, 0.25) is 5.15 Å². The minimum atomic E-state index is 0.213. The minimum Gasteiger partial charge on any atom is -0.370 e. The van der Waals surface area contributed by atoms with Crippen molar-refractivity contribution in [3.05, 3.63) is 40.4 Å². The molecule has 0 atom stereocenters. The van der Waals surface area contributed by atoms with Crippen LogP contribution in [0.1, 0.15) is 46.8 Å². The molecule has 130 valence electrons. The summed E-state index contributed by atoms with van der Waals surface area (Å²) in [5.41, 5.74) is 2.85. The number of carbonyl (C=O) groups is 1. The van der Waals surface area contributed by atoms with Crippen molar-refractivity contribution in [2.45, 2.75) is 31.6 Å². The van der Waals surface area contributed by atoms with Crippen LogP contribution in [0.5, 0.6) is 0 Å². The van der Waals surface area contributed by atoms with Crippen LogP contribution >= 0.6 is 11.6 Å². The summed E-state index contributed by atoms with van der Waals surface area (Å²) in [5, 5.41) is 3.62. The van der Waals surface area contributed by atoms with Gasteiger partial charge < -0.3 is 10.2 Å². The van der Waals surface area contributed by atoms with Crippen LogP contribution in [-0.2, 0) is 6.42 Å². The van der Waals surface area contributed by atoms with Gasteiger partial charge in [0.15, 0.2) is 6.29 Å². The molecule has 4 rings (SSSR count). The standard InChI is InChI=1S/C18H20ClN5O/c19-16-14(10-25)18(22-11-21-16)24-8-5-12(6-9-24)15-4-3-13-2-1-7-20-17(13)23-15/h3-4,10-12H,1-2,5-9H2,(H,20,23). The molecule has 1 N–H and O–H groups in total. The summed E-state index contributed by atoms with van der Waals surface area (Å²) in [5.74, 6) is 2.12. The molecule has 2 aromatic heterocycles.